The van der Waals surface area contributed by atoms with Crippen molar-refractivity contribution in [2.45, 2.75) is 44.8 Å². The largest absolute Gasteiger partial charge is 0.493 e. The molecule has 4 aromatic rings. The van der Waals surface area contributed by atoms with Gasteiger partial charge >= 0.3 is 0 Å². The van der Waals surface area contributed by atoms with E-state index in [0.29, 0.717) is 59.9 Å². The number of Topliss-reactive ketones (excluding diaryl/α,β-unsaturated/α-hetero) is 1. The Labute approximate surface area is 295 Å². The second-order valence-corrected chi connectivity index (χ2v) is 13.1. The number of ether oxygens (including phenoxy) is 1. The van der Waals surface area contributed by atoms with E-state index in [9.17, 15) is 19.2 Å². The summed E-state index contributed by atoms with van der Waals surface area (Å²) in [5, 5.41) is 5.63. The van der Waals surface area contributed by atoms with Gasteiger partial charge in [-0.3, -0.25) is 24.2 Å². The van der Waals surface area contributed by atoms with Gasteiger partial charge in [-0.1, -0.05) is 24.3 Å². The zero-order chi connectivity index (χ0) is 36.4. The summed E-state index contributed by atoms with van der Waals surface area (Å²) >= 11 is 0. The number of nitrogens with zero attached hydrogens (tertiary/aromatic N) is 5. The number of aliphatic imine (C=N–C) groups is 1. The van der Waals surface area contributed by atoms with Crippen molar-refractivity contribution in [2.75, 3.05) is 24.2 Å². The number of amides is 3. The van der Waals surface area contributed by atoms with Crippen LogP contribution in [0, 0.1) is 6.92 Å². The van der Waals surface area contributed by atoms with E-state index in [1.54, 1.807) is 77.1 Å². The number of rotatable bonds is 12. The molecule has 51 heavy (non-hydrogen) atoms. The highest BCUT2D eigenvalue weighted by Crippen LogP contribution is 2.37. The standard InChI is InChI=1S/C37H41N9O5/c1-22-16-37(39)21-41-28-15-31(23(2)12-27(28)36(50)46(37)18-22)51-11-5-6-33(48)42-32-20-45(4)34(43-32)30(47)14-25-13-29(44(3)19-25)35(49)40-17-24-7-9-26(38)10-8-24/h7-10,12-13,15,19-21H,1,5-6,11,14,16-18,38-39H2,2-4H3,(H,40,49)(H,42,48)/t37-/m0/s1. The highest BCUT2D eigenvalue weighted by Gasteiger charge is 2.43. The van der Waals surface area contributed by atoms with Crippen molar-refractivity contribution in [1.29, 1.82) is 0 Å². The average molecular weight is 692 g/mol. The van der Waals surface area contributed by atoms with Gasteiger partial charge in [0.25, 0.3) is 11.8 Å². The maximum absolute atomic E-state index is 13.3. The molecule has 0 radical (unpaired) electrons. The number of anilines is 2. The van der Waals surface area contributed by atoms with Crippen LogP contribution in [-0.2, 0) is 31.9 Å². The fourth-order valence-electron chi connectivity index (χ4n) is 6.27. The SMILES string of the molecule is C=C1CN2C(=O)c3cc(C)c(OCCCC(=O)Nc4cn(C)c(C(=O)Cc5cc(C(=O)NCc6ccc(N)cc6)n(C)c5)n4)cc3N=C[C@]2(N)C1. The molecule has 14 nitrogen and oxygen atoms in total. The minimum Gasteiger partial charge on any atom is -0.493 e. The molecule has 14 heteroatoms. The van der Waals surface area contributed by atoms with Crippen LogP contribution in [0.3, 0.4) is 0 Å². The summed E-state index contributed by atoms with van der Waals surface area (Å²) < 4.78 is 9.21. The van der Waals surface area contributed by atoms with E-state index in [2.05, 4.69) is 27.2 Å². The van der Waals surface area contributed by atoms with Gasteiger partial charge in [0, 0.05) is 76.8 Å². The van der Waals surface area contributed by atoms with Crippen LogP contribution in [0.15, 0.2) is 72.0 Å². The number of aromatic nitrogens is 3. The van der Waals surface area contributed by atoms with Gasteiger partial charge in [-0.2, -0.15) is 0 Å². The van der Waals surface area contributed by atoms with Gasteiger partial charge in [0.1, 0.15) is 17.1 Å². The predicted octanol–water partition coefficient (Wildman–Crippen LogP) is 3.58. The fraction of sp³-hybridized carbons (Fsp3) is 0.297. The lowest BCUT2D eigenvalue weighted by molar-refractivity contribution is -0.116. The number of imidazole rings is 1. The number of benzene rings is 2. The summed E-state index contributed by atoms with van der Waals surface area (Å²) in [4.78, 5) is 62.4. The van der Waals surface area contributed by atoms with Crippen LogP contribution < -0.4 is 26.8 Å². The van der Waals surface area contributed by atoms with Gasteiger partial charge in [0.2, 0.25) is 11.7 Å². The summed E-state index contributed by atoms with van der Waals surface area (Å²) in [6.45, 7) is 6.81. The van der Waals surface area contributed by atoms with Crippen LogP contribution in [0.5, 0.6) is 5.75 Å². The fourth-order valence-corrected chi connectivity index (χ4v) is 6.27. The third-order valence-corrected chi connectivity index (χ3v) is 8.90. The predicted molar refractivity (Wildman–Crippen MR) is 193 cm³/mol. The first-order valence-electron chi connectivity index (χ1n) is 16.5. The van der Waals surface area contributed by atoms with E-state index >= 15 is 0 Å². The number of carbonyl (C=O) groups excluding carboxylic acids is 4. The van der Waals surface area contributed by atoms with Crippen LogP contribution in [0.4, 0.5) is 17.2 Å². The van der Waals surface area contributed by atoms with Crippen molar-refractivity contribution in [3.05, 3.63) is 101 Å². The first kappa shape index (κ1) is 34.8. The number of nitrogens with two attached hydrogens (primary N) is 2. The molecule has 0 spiro atoms. The molecular weight excluding hydrogens is 650 g/mol. The quantitative estimate of drug-likeness (QED) is 0.0750. The van der Waals surface area contributed by atoms with Crippen LogP contribution in [-0.4, -0.2) is 67.6 Å². The summed E-state index contributed by atoms with van der Waals surface area (Å²) in [7, 11) is 3.42. The molecule has 0 unspecified atom stereocenters. The monoisotopic (exact) mass is 691 g/mol. The molecule has 2 aromatic carbocycles. The third-order valence-electron chi connectivity index (χ3n) is 8.90. The highest BCUT2D eigenvalue weighted by molar-refractivity contribution is 6.04. The molecule has 0 aliphatic carbocycles. The Morgan fingerprint density at radius 3 is 2.59 bits per heavy atom. The molecule has 1 saturated heterocycles. The molecule has 1 fully saturated rings. The summed E-state index contributed by atoms with van der Waals surface area (Å²) in [5.41, 5.74) is 16.4. The van der Waals surface area contributed by atoms with Crippen molar-refractivity contribution in [2.24, 2.45) is 24.8 Å². The molecular formula is C37H41N9O5. The smallest absolute Gasteiger partial charge is 0.268 e. The van der Waals surface area contributed by atoms with Crippen molar-refractivity contribution in [1.82, 2.24) is 24.3 Å². The van der Waals surface area contributed by atoms with E-state index < -0.39 is 5.66 Å². The van der Waals surface area contributed by atoms with Gasteiger partial charge < -0.3 is 40.9 Å². The normalized spacial score (nSPS) is 16.4. The van der Waals surface area contributed by atoms with Crippen molar-refractivity contribution in [3.63, 3.8) is 0 Å². The minimum absolute atomic E-state index is 0.0251. The van der Waals surface area contributed by atoms with Crippen molar-refractivity contribution >= 4 is 46.9 Å². The highest BCUT2D eigenvalue weighted by atomic mass is 16.5. The lowest BCUT2D eigenvalue weighted by Crippen LogP contribution is -2.54. The molecule has 264 valence electrons. The van der Waals surface area contributed by atoms with E-state index in [1.807, 2.05) is 19.1 Å². The Balaban J connectivity index is 0.986. The number of hydrogen-bond acceptors (Lipinski definition) is 9. The zero-order valence-electron chi connectivity index (χ0n) is 28.9. The Hall–Kier alpha value is -6.02. The van der Waals surface area contributed by atoms with Gasteiger partial charge in [0.05, 0.1) is 17.9 Å². The van der Waals surface area contributed by atoms with E-state index in [-0.39, 0.29) is 54.6 Å². The van der Waals surface area contributed by atoms with Crippen molar-refractivity contribution < 1.29 is 23.9 Å². The molecule has 6 rings (SSSR count). The van der Waals surface area contributed by atoms with E-state index in [1.165, 1.54) is 0 Å². The number of fused-ring (bicyclic) bond motifs is 2. The molecule has 0 saturated carbocycles. The summed E-state index contributed by atoms with van der Waals surface area (Å²) in [6.07, 6.45) is 5.96. The second-order valence-electron chi connectivity index (χ2n) is 13.1. The Bertz CT molecular complexity index is 2080. The van der Waals surface area contributed by atoms with Gasteiger partial charge in [0.15, 0.2) is 11.6 Å². The molecule has 3 amide bonds. The Morgan fingerprint density at radius 1 is 1.06 bits per heavy atom. The lowest BCUT2D eigenvalue weighted by atomic mass is 10.1. The number of carbonyl (C=O) groups is 4. The first-order chi connectivity index (χ1) is 24.3. The number of nitrogen functional groups attached to an aromatic ring is 1. The van der Waals surface area contributed by atoms with Crippen LogP contribution in [0.1, 0.15) is 67.4 Å². The topological polar surface area (TPSA) is 192 Å². The number of nitrogens with one attached hydrogen (secondary N) is 2. The van der Waals surface area contributed by atoms with Crippen LogP contribution >= 0.6 is 0 Å². The first-order valence-corrected chi connectivity index (χ1v) is 16.5. The molecule has 6 N–H and O–H groups in total. The molecule has 2 aliphatic heterocycles. The minimum atomic E-state index is -0.998. The van der Waals surface area contributed by atoms with Gasteiger partial charge in [-0.25, -0.2) is 4.98 Å². The Morgan fingerprint density at radius 2 is 1.82 bits per heavy atom. The van der Waals surface area contributed by atoms with E-state index in [4.69, 9.17) is 16.2 Å². The average Bonchev–Trinajstić information content (AvgIpc) is 3.72. The van der Waals surface area contributed by atoms with Crippen molar-refractivity contribution in [3.8, 4) is 5.75 Å². The third kappa shape index (κ3) is 7.60. The number of aryl methyl sites for hydroxylation is 3. The molecule has 2 aliphatic rings. The maximum Gasteiger partial charge on any atom is 0.268 e. The lowest BCUT2D eigenvalue weighted by Gasteiger charge is -2.29. The molecule has 4 heterocycles. The molecule has 2 aromatic heterocycles. The second kappa shape index (κ2) is 14.1. The van der Waals surface area contributed by atoms with Gasteiger partial charge in [-0.05, 0) is 54.3 Å². The van der Waals surface area contributed by atoms with E-state index in [0.717, 1.165) is 16.7 Å². The maximum atomic E-state index is 13.3. The Kier molecular flexibility index (Phi) is 9.61. The summed E-state index contributed by atoms with van der Waals surface area (Å²) in [6, 6.07) is 12.4. The number of hydrogen-bond donors (Lipinski definition) is 4. The molecule has 0 bridgehead atoms. The zero-order valence-corrected chi connectivity index (χ0v) is 28.9. The number of ketones is 1. The molecule has 1 atom stereocenters. The van der Waals surface area contributed by atoms with Crippen LogP contribution in [0.25, 0.3) is 0 Å². The van der Waals surface area contributed by atoms with Crippen LogP contribution in [0.2, 0.25) is 0 Å². The summed E-state index contributed by atoms with van der Waals surface area (Å²) in [5.74, 6) is -0.00967. The van der Waals surface area contributed by atoms with Gasteiger partial charge in [-0.15, -0.1) is 0 Å².